The summed E-state index contributed by atoms with van der Waals surface area (Å²) >= 11 is 0. The highest BCUT2D eigenvalue weighted by Crippen LogP contribution is 2.28. The van der Waals surface area contributed by atoms with Gasteiger partial charge in [-0.3, -0.25) is 4.79 Å². The Bertz CT molecular complexity index is 441. The van der Waals surface area contributed by atoms with Crippen molar-refractivity contribution in [2.75, 3.05) is 13.1 Å². The van der Waals surface area contributed by atoms with Crippen LogP contribution in [0.5, 0.6) is 0 Å². The lowest BCUT2D eigenvalue weighted by atomic mass is 10.0. The minimum absolute atomic E-state index is 0.204. The highest BCUT2D eigenvalue weighted by molar-refractivity contribution is 5.72. The molecule has 0 spiro atoms. The molecule has 0 saturated heterocycles. The molecule has 1 fully saturated rings. The van der Waals surface area contributed by atoms with Crippen molar-refractivity contribution < 1.29 is 14.6 Å². The second kappa shape index (κ2) is 7.57. The predicted octanol–water partition coefficient (Wildman–Crippen LogP) is 2.26. The lowest BCUT2D eigenvalue weighted by Gasteiger charge is -2.23. The first-order valence-corrected chi connectivity index (χ1v) is 7.73. The molecule has 2 N–H and O–H groups in total. The Labute approximate surface area is 126 Å². The van der Waals surface area contributed by atoms with E-state index in [1.54, 1.807) is 0 Å². The molecule has 1 aromatic carbocycles. The summed E-state index contributed by atoms with van der Waals surface area (Å²) in [4.78, 5) is 11.9. The van der Waals surface area contributed by atoms with Crippen LogP contribution >= 0.6 is 0 Å². The molecule has 4 nitrogen and oxygen atoms in total. The van der Waals surface area contributed by atoms with Crippen molar-refractivity contribution in [3.05, 3.63) is 35.9 Å². The number of hydrogen-bond donors (Lipinski definition) is 2. The van der Waals surface area contributed by atoms with Gasteiger partial charge in [-0.2, -0.15) is 0 Å². The van der Waals surface area contributed by atoms with E-state index in [1.807, 2.05) is 37.3 Å². The second-order valence-electron chi connectivity index (χ2n) is 6.06. The topological polar surface area (TPSA) is 58.6 Å². The molecule has 4 heteroatoms. The molecule has 1 aliphatic carbocycles. The Kier molecular flexibility index (Phi) is 5.76. The summed E-state index contributed by atoms with van der Waals surface area (Å²) in [6, 6.07) is 9.66. The molecule has 0 aromatic heterocycles. The zero-order valence-electron chi connectivity index (χ0n) is 12.7. The summed E-state index contributed by atoms with van der Waals surface area (Å²) in [5.41, 5.74) is 0.416. The summed E-state index contributed by atoms with van der Waals surface area (Å²) in [5.74, 6) is -0.413. The Hall–Kier alpha value is -1.39. The molecular formula is C17H25NO3. The third kappa shape index (κ3) is 5.14. The van der Waals surface area contributed by atoms with Crippen molar-refractivity contribution in [2.45, 2.75) is 44.8 Å². The van der Waals surface area contributed by atoms with E-state index >= 15 is 0 Å². The normalized spacial score (nSPS) is 18.4. The second-order valence-corrected chi connectivity index (χ2v) is 6.06. The van der Waals surface area contributed by atoms with Crippen LogP contribution in [-0.2, 0) is 16.1 Å². The van der Waals surface area contributed by atoms with E-state index in [2.05, 4.69) is 5.32 Å². The zero-order chi connectivity index (χ0) is 15.1. The summed E-state index contributed by atoms with van der Waals surface area (Å²) in [6.07, 6.45) is 3.89. The van der Waals surface area contributed by atoms with Gasteiger partial charge in [0.15, 0.2) is 0 Å². The van der Waals surface area contributed by atoms with Crippen molar-refractivity contribution >= 4 is 5.97 Å². The van der Waals surface area contributed by atoms with E-state index in [0.717, 1.165) is 31.2 Å². The predicted molar refractivity (Wildman–Crippen MR) is 81.7 cm³/mol. The average Bonchev–Trinajstić information content (AvgIpc) is 2.92. The number of ether oxygens (including phenoxy) is 1. The molecule has 2 rings (SSSR count). The van der Waals surface area contributed by atoms with E-state index in [9.17, 15) is 9.90 Å². The van der Waals surface area contributed by atoms with Gasteiger partial charge in [0.25, 0.3) is 0 Å². The molecule has 0 bridgehead atoms. The lowest BCUT2D eigenvalue weighted by Crippen LogP contribution is -2.40. The van der Waals surface area contributed by atoms with Gasteiger partial charge in [0.1, 0.15) is 6.61 Å². The van der Waals surface area contributed by atoms with Crippen LogP contribution < -0.4 is 5.32 Å². The van der Waals surface area contributed by atoms with Crippen LogP contribution in [0.4, 0.5) is 0 Å². The van der Waals surface area contributed by atoms with Crippen LogP contribution in [0.2, 0.25) is 0 Å². The highest BCUT2D eigenvalue weighted by Gasteiger charge is 2.30. The quantitative estimate of drug-likeness (QED) is 0.757. The van der Waals surface area contributed by atoms with Crippen molar-refractivity contribution in [1.82, 2.24) is 5.32 Å². The van der Waals surface area contributed by atoms with Gasteiger partial charge in [-0.25, -0.2) is 0 Å². The maximum atomic E-state index is 11.9. The van der Waals surface area contributed by atoms with Crippen LogP contribution in [0.25, 0.3) is 0 Å². The number of rotatable bonds is 7. The van der Waals surface area contributed by atoms with Crippen LogP contribution in [0.3, 0.4) is 0 Å². The zero-order valence-corrected chi connectivity index (χ0v) is 12.7. The van der Waals surface area contributed by atoms with E-state index in [-0.39, 0.29) is 11.9 Å². The molecule has 0 aliphatic heterocycles. The van der Waals surface area contributed by atoms with Crippen LogP contribution in [0.1, 0.15) is 38.2 Å². The maximum Gasteiger partial charge on any atom is 0.310 e. The summed E-state index contributed by atoms with van der Waals surface area (Å²) < 4.78 is 5.30. The molecule has 21 heavy (non-hydrogen) atoms. The first-order chi connectivity index (χ1) is 10.1. The van der Waals surface area contributed by atoms with E-state index in [1.165, 1.54) is 0 Å². The molecule has 1 aliphatic rings. The van der Waals surface area contributed by atoms with Crippen molar-refractivity contribution in [1.29, 1.82) is 0 Å². The molecule has 1 aromatic rings. The van der Waals surface area contributed by atoms with Crippen molar-refractivity contribution in [2.24, 2.45) is 5.92 Å². The Balaban J connectivity index is 1.65. The van der Waals surface area contributed by atoms with Gasteiger partial charge in [-0.05, 0) is 18.4 Å². The fourth-order valence-electron chi connectivity index (χ4n) is 2.69. The molecule has 1 atom stereocenters. The number of benzene rings is 1. The molecule has 0 radical (unpaired) electrons. The number of hydrogen-bond acceptors (Lipinski definition) is 4. The molecule has 0 heterocycles. The average molecular weight is 291 g/mol. The standard InChI is InChI=1S/C17H25NO3/c1-14(11-18-13-17(20)9-5-6-10-17)16(19)21-12-15-7-3-2-4-8-15/h2-4,7-8,14,18,20H,5-6,9-13H2,1H3. The number of carbonyl (C=O) groups is 1. The lowest BCUT2D eigenvalue weighted by molar-refractivity contribution is -0.149. The van der Waals surface area contributed by atoms with Gasteiger partial charge in [0, 0.05) is 13.1 Å². The largest absolute Gasteiger partial charge is 0.461 e. The molecule has 1 unspecified atom stereocenters. The fourth-order valence-corrected chi connectivity index (χ4v) is 2.69. The Morgan fingerprint density at radius 3 is 2.67 bits per heavy atom. The maximum absolute atomic E-state index is 11.9. The van der Waals surface area contributed by atoms with E-state index in [4.69, 9.17) is 4.74 Å². The van der Waals surface area contributed by atoms with Crippen molar-refractivity contribution in [3.63, 3.8) is 0 Å². The van der Waals surface area contributed by atoms with Crippen LogP contribution in [0.15, 0.2) is 30.3 Å². The number of aliphatic hydroxyl groups is 1. The van der Waals surface area contributed by atoms with Gasteiger partial charge in [-0.1, -0.05) is 50.1 Å². The van der Waals surface area contributed by atoms with Gasteiger partial charge in [-0.15, -0.1) is 0 Å². The smallest absolute Gasteiger partial charge is 0.310 e. The van der Waals surface area contributed by atoms with E-state index in [0.29, 0.717) is 19.7 Å². The minimum Gasteiger partial charge on any atom is -0.461 e. The van der Waals surface area contributed by atoms with Crippen molar-refractivity contribution in [3.8, 4) is 0 Å². The van der Waals surface area contributed by atoms with Crippen LogP contribution in [-0.4, -0.2) is 29.8 Å². The molecule has 1 saturated carbocycles. The third-order valence-electron chi connectivity index (χ3n) is 4.07. The Morgan fingerprint density at radius 1 is 1.33 bits per heavy atom. The summed E-state index contributed by atoms with van der Waals surface area (Å²) in [6.45, 7) is 3.26. The fraction of sp³-hybridized carbons (Fsp3) is 0.588. The first kappa shape index (κ1) is 16.0. The van der Waals surface area contributed by atoms with Gasteiger partial charge < -0.3 is 15.2 Å². The molecule has 0 amide bonds. The SMILES string of the molecule is CC(CNCC1(O)CCCC1)C(=O)OCc1ccccc1. The van der Waals surface area contributed by atoms with Crippen LogP contribution in [0, 0.1) is 5.92 Å². The number of esters is 1. The Morgan fingerprint density at radius 2 is 2.00 bits per heavy atom. The van der Waals surface area contributed by atoms with Gasteiger partial charge >= 0.3 is 5.97 Å². The first-order valence-electron chi connectivity index (χ1n) is 7.73. The van der Waals surface area contributed by atoms with Gasteiger partial charge in [0.2, 0.25) is 0 Å². The van der Waals surface area contributed by atoms with Gasteiger partial charge in [0.05, 0.1) is 11.5 Å². The minimum atomic E-state index is -0.576. The summed E-state index contributed by atoms with van der Waals surface area (Å²) in [5, 5.41) is 13.4. The highest BCUT2D eigenvalue weighted by atomic mass is 16.5. The number of nitrogens with one attached hydrogen (secondary N) is 1. The number of carbonyl (C=O) groups excluding carboxylic acids is 1. The third-order valence-corrected chi connectivity index (χ3v) is 4.07. The van der Waals surface area contributed by atoms with E-state index < -0.39 is 5.60 Å². The molecular weight excluding hydrogens is 266 g/mol. The molecule has 116 valence electrons. The monoisotopic (exact) mass is 291 g/mol. The summed E-state index contributed by atoms with van der Waals surface area (Å²) in [7, 11) is 0.